The van der Waals surface area contributed by atoms with Gasteiger partial charge in [0.05, 0.1) is 16.9 Å². The van der Waals surface area contributed by atoms with Crippen molar-refractivity contribution in [2.75, 3.05) is 6.54 Å². The molecule has 1 heterocycles. The lowest BCUT2D eigenvalue weighted by molar-refractivity contribution is 0.744. The van der Waals surface area contributed by atoms with Crippen molar-refractivity contribution < 1.29 is 0 Å². The number of rotatable bonds is 5. The van der Waals surface area contributed by atoms with Crippen LogP contribution in [0.2, 0.25) is 5.02 Å². The molecule has 0 radical (unpaired) electrons. The van der Waals surface area contributed by atoms with E-state index in [-0.39, 0.29) is 0 Å². The maximum Gasteiger partial charge on any atom is 0.0790 e. The molecular weight excluding hydrogens is 234 g/mol. The van der Waals surface area contributed by atoms with Crippen LogP contribution in [-0.4, -0.2) is 16.3 Å². The fraction of sp³-hybridized carbons (Fsp3) is 0.308. The van der Waals surface area contributed by atoms with Crippen molar-refractivity contribution in [3.05, 3.63) is 47.2 Å². The third-order valence-corrected chi connectivity index (χ3v) is 2.87. The number of unbranched alkanes of at least 4 members (excludes halogenated alkanes) is 1. The van der Waals surface area contributed by atoms with Crippen LogP contribution >= 0.6 is 11.6 Å². The van der Waals surface area contributed by atoms with Crippen molar-refractivity contribution in [2.45, 2.75) is 19.3 Å². The molecule has 0 aliphatic heterocycles. The Kier molecular flexibility index (Phi) is 4.18. The maximum absolute atomic E-state index is 5.83. The molecule has 2 aromatic rings. The van der Waals surface area contributed by atoms with Crippen LogP contribution in [0.5, 0.6) is 0 Å². The number of benzene rings is 1. The lowest BCUT2D eigenvalue weighted by Gasteiger charge is -2.04. The van der Waals surface area contributed by atoms with Crippen LogP contribution in [0.4, 0.5) is 0 Å². The average Bonchev–Trinajstić information content (AvgIpc) is 2.77. The fourth-order valence-corrected chi connectivity index (χ4v) is 1.87. The molecule has 0 amide bonds. The van der Waals surface area contributed by atoms with Gasteiger partial charge in [-0.25, -0.2) is 4.68 Å². The Morgan fingerprint density at radius 1 is 1.18 bits per heavy atom. The first-order valence-corrected chi connectivity index (χ1v) is 6.17. The third-order valence-electron chi connectivity index (χ3n) is 2.67. The average molecular weight is 250 g/mol. The van der Waals surface area contributed by atoms with E-state index in [1.165, 1.54) is 5.56 Å². The number of hydrogen-bond acceptors (Lipinski definition) is 2. The third kappa shape index (κ3) is 3.32. The summed E-state index contributed by atoms with van der Waals surface area (Å²) in [7, 11) is 0. The first-order valence-electron chi connectivity index (χ1n) is 5.79. The number of nitrogens with two attached hydrogens (primary N) is 1. The number of aromatic nitrogens is 2. The summed E-state index contributed by atoms with van der Waals surface area (Å²) >= 11 is 5.83. The SMILES string of the molecule is NCCCCc1ccc(-n2cc(Cl)cn2)cc1. The molecule has 1 aromatic carbocycles. The smallest absolute Gasteiger partial charge is 0.0790 e. The van der Waals surface area contributed by atoms with Gasteiger partial charge in [0.2, 0.25) is 0 Å². The highest BCUT2D eigenvalue weighted by Crippen LogP contribution is 2.13. The minimum Gasteiger partial charge on any atom is -0.330 e. The van der Waals surface area contributed by atoms with Gasteiger partial charge < -0.3 is 5.73 Å². The first kappa shape index (κ1) is 12.1. The van der Waals surface area contributed by atoms with E-state index in [0.717, 1.165) is 31.5 Å². The van der Waals surface area contributed by atoms with Crippen molar-refractivity contribution in [3.8, 4) is 5.69 Å². The summed E-state index contributed by atoms with van der Waals surface area (Å²) < 4.78 is 1.77. The Hall–Kier alpha value is -1.32. The molecule has 0 saturated carbocycles. The highest BCUT2D eigenvalue weighted by Gasteiger charge is 1.99. The first-order chi connectivity index (χ1) is 8.29. The van der Waals surface area contributed by atoms with Crippen molar-refractivity contribution in [1.29, 1.82) is 0 Å². The summed E-state index contributed by atoms with van der Waals surface area (Å²) in [5.74, 6) is 0. The van der Waals surface area contributed by atoms with Gasteiger partial charge in [-0.05, 0) is 43.5 Å². The molecular formula is C13H16ClN3. The topological polar surface area (TPSA) is 43.8 Å². The van der Waals surface area contributed by atoms with Gasteiger partial charge in [0.1, 0.15) is 0 Å². The molecule has 17 heavy (non-hydrogen) atoms. The molecule has 0 atom stereocenters. The van der Waals surface area contributed by atoms with Crippen LogP contribution in [0.15, 0.2) is 36.7 Å². The lowest BCUT2D eigenvalue weighted by atomic mass is 10.1. The molecule has 3 nitrogen and oxygen atoms in total. The molecule has 0 unspecified atom stereocenters. The van der Waals surface area contributed by atoms with E-state index in [0.29, 0.717) is 5.02 Å². The Morgan fingerprint density at radius 3 is 2.53 bits per heavy atom. The van der Waals surface area contributed by atoms with Crippen LogP contribution in [0.1, 0.15) is 18.4 Å². The second-order valence-electron chi connectivity index (χ2n) is 4.02. The van der Waals surface area contributed by atoms with Gasteiger partial charge in [-0.15, -0.1) is 0 Å². The molecule has 90 valence electrons. The zero-order chi connectivity index (χ0) is 12.1. The van der Waals surface area contributed by atoms with Gasteiger partial charge in [-0.2, -0.15) is 5.10 Å². The Labute approximate surface area is 106 Å². The summed E-state index contributed by atoms with van der Waals surface area (Å²) in [6, 6.07) is 8.37. The van der Waals surface area contributed by atoms with Gasteiger partial charge in [0.25, 0.3) is 0 Å². The molecule has 0 spiro atoms. The number of halogens is 1. The molecule has 4 heteroatoms. The lowest BCUT2D eigenvalue weighted by Crippen LogP contribution is -1.99. The van der Waals surface area contributed by atoms with E-state index in [1.54, 1.807) is 17.1 Å². The minimum absolute atomic E-state index is 0.650. The van der Waals surface area contributed by atoms with Crippen LogP contribution in [0, 0.1) is 0 Å². The van der Waals surface area contributed by atoms with Crippen LogP contribution in [0.3, 0.4) is 0 Å². The van der Waals surface area contributed by atoms with Gasteiger partial charge in [0.15, 0.2) is 0 Å². The zero-order valence-electron chi connectivity index (χ0n) is 9.64. The monoisotopic (exact) mass is 249 g/mol. The van der Waals surface area contributed by atoms with Crippen LogP contribution in [0.25, 0.3) is 5.69 Å². The van der Waals surface area contributed by atoms with E-state index < -0.39 is 0 Å². The van der Waals surface area contributed by atoms with Gasteiger partial charge in [-0.1, -0.05) is 23.7 Å². The van der Waals surface area contributed by atoms with Crippen LogP contribution in [-0.2, 0) is 6.42 Å². The summed E-state index contributed by atoms with van der Waals surface area (Å²) in [6.07, 6.45) is 6.74. The van der Waals surface area contributed by atoms with Crippen molar-refractivity contribution in [3.63, 3.8) is 0 Å². The normalized spacial score (nSPS) is 10.7. The Bertz CT molecular complexity index is 462. The Morgan fingerprint density at radius 2 is 1.94 bits per heavy atom. The van der Waals surface area contributed by atoms with E-state index in [9.17, 15) is 0 Å². The predicted molar refractivity (Wildman–Crippen MR) is 70.6 cm³/mol. The molecule has 2 N–H and O–H groups in total. The molecule has 0 saturated heterocycles. The summed E-state index contributed by atoms with van der Waals surface area (Å²) in [4.78, 5) is 0. The summed E-state index contributed by atoms with van der Waals surface area (Å²) in [6.45, 7) is 0.768. The molecule has 0 fully saturated rings. The van der Waals surface area contributed by atoms with E-state index in [2.05, 4.69) is 29.4 Å². The molecule has 0 aliphatic rings. The Balaban J connectivity index is 2.02. The number of aryl methyl sites for hydroxylation is 1. The molecule has 0 bridgehead atoms. The van der Waals surface area contributed by atoms with Crippen molar-refractivity contribution in [2.24, 2.45) is 5.73 Å². The van der Waals surface area contributed by atoms with Gasteiger partial charge in [0, 0.05) is 6.20 Å². The largest absolute Gasteiger partial charge is 0.330 e. The molecule has 0 aliphatic carbocycles. The quantitative estimate of drug-likeness (QED) is 0.829. The molecule has 1 aromatic heterocycles. The fourth-order valence-electron chi connectivity index (χ4n) is 1.73. The number of hydrogen-bond donors (Lipinski definition) is 1. The second kappa shape index (κ2) is 5.84. The predicted octanol–water partition coefficient (Wildman–Crippen LogP) is 2.81. The van der Waals surface area contributed by atoms with Gasteiger partial charge in [-0.3, -0.25) is 0 Å². The zero-order valence-corrected chi connectivity index (χ0v) is 10.4. The standard InChI is InChI=1S/C13H16ClN3/c14-12-9-16-17(10-12)13-6-4-11(5-7-13)3-1-2-8-15/h4-7,9-10H,1-3,8,15H2. The maximum atomic E-state index is 5.83. The minimum atomic E-state index is 0.650. The van der Waals surface area contributed by atoms with E-state index in [4.69, 9.17) is 17.3 Å². The highest BCUT2D eigenvalue weighted by molar-refractivity contribution is 6.30. The number of nitrogens with zero attached hydrogens (tertiary/aromatic N) is 2. The summed E-state index contributed by atoms with van der Waals surface area (Å²) in [5, 5.41) is 4.81. The summed E-state index contributed by atoms with van der Waals surface area (Å²) in [5.41, 5.74) is 7.83. The van der Waals surface area contributed by atoms with E-state index in [1.807, 2.05) is 0 Å². The van der Waals surface area contributed by atoms with Crippen LogP contribution < -0.4 is 5.73 Å². The van der Waals surface area contributed by atoms with E-state index >= 15 is 0 Å². The second-order valence-corrected chi connectivity index (χ2v) is 4.45. The van der Waals surface area contributed by atoms with Crippen molar-refractivity contribution in [1.82, 2.24) is 9.78 Å². The van der Waals surface area contributed by atoms with Crippen molar-refractivity contribution >= 4 is 11.6 Å². The van der Waals surface area contributed by atoms with Gasteiger partial charge >= 0.3 is 0 Å². The highest BCUT2D eigenvalue weighted by atomic mass is 35.5. The molecule has 2 rings (SSSR count).